The van der Waals surface area contributed by atoms with Crippen LogP contribution in [0.15, 0.2) is 18.2 Å². The zero-order chi connectivity index (χ0) is 26.3. The van der Waals surface area contributed by atoms with E-state index in [0.717, 1.165) is 25.3 Å². The van der Waals surface area contributed by atoms with Gasteiger partial charge in [-0.15, -0.1) is 0 Å². The number of alkyl halides is 3. The Bertz CT molecular complexity index is 988. The molecule has 0 bridgehead atoms. The van der Waals surface area contributed by atoms with Crippen molar-refractivity contribution in [2.24, 2.45) is 5.41 Å². The zero-order valence-corrected chi connectivity index (χ0v) is 21.3. The van der Waals surface area contributed by atoms with Crippen molar-refractivity contribution in [2.75, 3.05) is 44.8 Å². The summed E-state index contributed by atoms with van der Waals surface area (Å²) in [6.45, 7) is 3.73. The number of benzene rings is 1. The lowest BCUT2D eigenvalue weighted by Gasteiger charge is -2.44. The number of β-amino-alcohol motifs (C(OH)–C–C–N with tert-alkyl or cyclic N) is 1. The highest BCUT2D eigenvalue weighted by Gasteiger charge is 2.51. The predicted octanol–water partition coefficient (Wildman–Crippen LogP) is 3.56. The Kier molecular flexibility index (Phi) is 7.78. The number of piperidine rings is 1. The van der Waals surface area contributed by atoms with Crippen LogP contribution in [0, 0.1) is 5.41 Å². The number of aliphatic hydroxyl groups excluding tert-OH is 1. The van der Waals surface area contributed by atoms with Gasteiger partial charge in [-0.1, -0.05) is 11.6 Å². The third-order valence-corrected chi connectivity index (χ3v) is 8.31. The van der Waals surface area contributed by atoms with Crippen molar-refractivity contribution in [3.63, 3.8) is 0 Å². The minimum atomic E-state index is -4.55. The molecule has 1 aromatic carbocycles. The number of rotatable bonds is 7. The lowest BCUT2D eigenvalue weighted by atomic mass is 9.90. The van der Waals surface area contributed by atoms with E-state index in [1.807, 2.05) is 0 Å². The van der Waals surface area contributed by atoms with E-state index < -0.39 is 28.9 Å². The van der Waals surface area contributed by atoms with Gasteiger partial charge in [0.05, 0.1) is 29.3 Å². The lowest BCUT2D eigenvalue weighted by molar-refractivity contribution is -0.140. The number of anilines is 1. The lowest BCUT2D eigenvalue weighted by Crippen LogP contribution is -2.59. The quantitative estimate of drug-likeness (QED) is 0.582. The van der Waals surface area contributed by atoms with Crippen molar-refractivity contribution < 1.29 is 32.6 Å². The van der Waals surface area contributed by atoms with Crippen LogP contribution < -0.4 is 4.90 Å². The van der Waals surface area contributed by atoms with Gasteiger partial charge < -0.3 is 24.5 Å². The second kappa shape index (κ2) is 10.4. The van der Waals surface area contributed by atoms with E-state index in [4.69, 9.17) is 16.3 Å². The van der Waals surface area contributed by atoms with Gasteiger partial charge in [0.2, 0.25) is 11.8 Å². The first kappa shape index (κ1) is 27.0. The van der Waals surface area contributed by atoms with Crippen LogP contribution in [-0.4, -0.2) is 84.8 Å². The highest BCUT2D eigenvalue weighted by atomic mass is 35.5. The fourth-order valence-corrected chi connectivity index (χ4v) is 5.76. The molecule has 2 aliphatic heterocycles. The number of halogens is 4. The van der Waals surface area contributed by atoms with Crippen molar-refractivity contribution in [3.8, 4) is 0 Å². The molecule has 1 N–H and O–H groups in total. The summed E-state index contributed by atoms with van der Waals surface area (Å²) < 4.78 is 44.6. The second-order valence-electron chi connectivity index (χ2n) is 10.2. The number of hydrogen-bond donors (Lipinski definition) is 1. The summed E-state index contributed by atoms with van der Waals surface area (Å²) in [5.74, 6) is -0.222. The van der Waals surface area contributed by atoms with E-state index in [2.05, 4.69) is 0 Å². The van der Waals surface area contributed by atoms with Gasteiger partial charge in [-0.2, -0.15) is 13.2 Å². The smallest absolute Gasteiger partial charge is 0.391 e. The molecule has 200 valence electrons. The van der Waals surface area contributed by atoms with Gasteiger partial charge >= 0.3 is 6.18 Å². The van der Waals surface area contributed by atoms with Crippen LogP contribution in [-0.2, 0) is 20.5 Å². The molecule has 1 spiro atoms. The molecule has 36 heavy (non-hydrogen) atoms. The van der Waals surface area contributed by atoms with Gasteiger partial charge in [-0.05, 0) is 56.2 Å². The average Bonchev–Trinajstić information content (AvgIpc) is 3.60. The number of ether oxygens (including phenoxy) is 1. The molecule has 1 aliphatic carbocycles. The van der Waals surface area contributed by atoms with E-state index in [-0.39, 0.29) is 36.3 Å². The molecule has 11 heteroatoms. The van der Waals surface area contributed by atoms with Crippen LogP contribution in [0.25, 0.3) is 0 Å². The maximum absolute atomic E-state index is 13.3. The van der Waals surface area contributed by atoms with E-state index in [1.165, 1.54) is 12.1 Å². The van der Waals surface area contributed by atoms with E-state index >= 15 is 0 Å². The number of methoxy groups -OCH3 is 1. The van der Waals surface area contributed by atoms with Gasteiger partial charge in [0, 0.05) is 45.4 Å². The molecular weight excluding hydrogens is 499 g/mol. The maximum Gasteiger partial charge on any atom is 0.417 e. The van der Waals surface area contributed by atoms with E-state index in [9.17, 15) is 27.9 Å². The fraction of sp³-hybridized carbons (Fsp3) is 0.680. The van der Waals surface area contributed by atoms with Crippen molar-refractivity contribution in [3.05, 3.63) is 28.8 Å². The van der Waals surface area contributed by atoms with Crippen LogP contribution >= 0.6 is 11.6 Å². The van der Waals surface area contributed by atoms with Crippen LogP contribution in [0.4, 0.5) is 18.9 Å². The number of carbonyl (C=O) groups excluding carboxylic acids is 2. The summed E-state index contributed by atoms with van der Waals surface area (Å²) in [6, 6.07) is 2.58. The Hall–Kier alpha value is -2.04. The van der Waals surface area contributed by atoms with Crippen molar-refractivity contribution >= 4 is 29.1 Å². The molecule has 7 nitrogen and oxygen atoms in total. The molecule has 1 saturated carbocycles. The zero-order valence-electron chi connectivity index (χ0n) is 20.6. The molecule has 3 atom stereocenters. The Morgan fingerprint density at radius 3 is 2.56 bits per heavy atom. The molecule has 4 rings (SSSR count). The normalized spacial score (nSPS) is 24.9. The molecule has 3 unspecified atom stereocenters. The second-order valence-corrected chi connectivity index (χ2v) is 10.6. The largest absolute Gasteiger partial charge is 0.417 e. The Morgan fingerprint density at radius 1 is 1.25 bits per heavy atom. The molecule has 0 aromatic heterocycles. The number of amides is 2. The first-order chi connectivity index (χ1) is 17.0. The molecule has 0 radical (unpaired) electrons. The fourth-order valence-electron chi connectivity index (χ4n) is 5.48. The number of nitrogens with zero attached hydrogens (tertiary/aromatic N) is 3. The number of hydrogen-bond acceptors (Lipinski definition) is 5. The summed E-state index contributed by atoms with van der Waals surface area (Å²) in [6.07, 6.45) is -1.48. The van der Waals surface area contributed by atoms with Crippen LogP contribution in [0.2, 0.25) is 5.02 Å². The predicted molar refractivity (Wildman–Crippen MR) is 129 cm³/mol. The van der Waals surface area contributed by atoms with Gasteiger partial charge in [-0.25, -0.2) is 0 Å². The summed E-state index contributed by atoms with van der Waals surface area (Å²) in [7, 11) is 1.54. The SMILES string of the molecule is COCC(CCC(=O)N1CCC2(CC2)C(O)C1)N1CCN(c2ccc(C(F)(F)F)c(Cl)c2)C(C)C1=O. The molecule has 2 heterocycles. The van der Waals surface area contributed by atoms with Gasteiger partial charge in [0.25, 0.3) is 0 Å². The van der Waals surface area contributed by atoms with Crippen molar-refractivity contribution in [1.29, 1.82) is 0 Å². The number of carbonyl (C=O) groups is 2. The van der Waals surface area contributed by atoms with E-state index in [0.29, 0.717) is 38.3 Å². The van der Waals surface area contributed by atoms with Crippen molar-refractivity contribution in [2.45, 2.75) is 63.4 Å². The first-order valence-corrected chi connectivity index (χ1v) is 12.7. The Balaban J connectivity index is 1.37. The molecule has 1 aromatic rings. The molecular formula is C25H33ClF3N3O4. The average molecular weight is 532 g/mol. The topological polar surface area (TPSA) is 73.3 Å². The van der Waals surface area contributed by atoms with Crippen LogP contribution in [0.3, 0.4) is 0 Å². The molecule has 2 saturated heterocycles. The Labute approximate surface area is 214 Å². The molecule has 3 fully saturated rings. The summed E-state index contributed by atoms with van der Waals surface area (Å²) in [4.78, 5) is 31.3. The van der Waals surface area contributed by atoms with Gasteiger partial charge in [0.1, 0.15) is 6.04 Å². The minimum Gasteiger partial charge on any atom is -0.391 e. The summed E-state index contributed by atoms with van der Waals surface area (Å²) in [5, 5.41) is 9.99. The third-order valence-electron chi connectivity index (χ3n) is 8.00. The highest BCUT2D eigenvalue weighted by molar-refractivity contribution is 6.31. The number of aliphatic hydroxyl groups is 1. The first-order valence-electron chi connectivity index (χ1n) is 12.4. The highest BCUT2D eigenvalue weighted by Crippen LogP contribution is 2.53. The summed E-state index contributed by atoms with van der Waals surface area (Å²) in [5.41, 5.74) is -0.442. The van der Waals surface area contributed by atoms with E-state index in [1.54, 1.807) is 28.7 Å². The number of piperazine rings is 1. The van der Waals surface area contributed by atoms with Crippen molar-refractivity contribution in [1.82, 2.24) is 9.80 Å². The molecule has 2 amide bonds. The molecule has 3 aliphatic rings. The number of likely N-dealkylation sites (tertiary alicyclic amines) is 1. The Morgan fingerprint density at radius 2 is 1.97 bits per heavy atom. The minimum absolute atomic E-state index is 0.0227. The van der Waals surface area contributed by atoms with Crippen LogP contribution in [0.1, 0.15) is 44.6 Å². The maximum atomic E-state index is 13.3. The monoisotopic (exact) mass is 531 g/mol. The summed E-state index contributed by atoms with van der Waals surface area (Å²) >= 11 is 5.89. The van der Waals surface area contributed by atoms with Gasteiger partial charge in [0.15, 0.2) is 0 Å². The van der Waals surface area contributed by atoms with Gasteiger partial charge in [-0.3, -0.25) is 9.59 Å². The standard InChI is InChI=1S/C25H33ClF3N3O4/c1-16-23(35)32(12-11-31(16)17-3-5-19(20(26)13-17)25(27,28)29)18(15-36-2)4-6-22(34)30-10-9-24(7-8-24)21(33)14-30/h3,5,13,16,18,21,33H,4,6-12,14-15H2,1-2H3. The third kappa shape index (κ3) is 5.45. The van der Waals surface area contributed by atoms with Crippen LogP contribution in [0.5, 0.6) is 0 Å².